The molecule has 0 bridgehead atoms. The van der Waals surface area contributed by atoms with Crippen LogP contribution in [-0.4, -0.2) is 15.0 Å². The average molecular weight is 230 g/mol. The fourth-order valence-electron chi connectivity index (χ4n) is 0.669. The molecule has 11 heavy (non-hydrogen) atoms. The van der Waals surface area contributed by atoms with Crippen molar-refractivity contribution in [3.63, 3.8) is 0 Å². The second-order valence-electron chi connectivity index (χ2n) is 1.91. The maximum absolute atomic E-state index is 5.86. The van der Waals surface area contributed by atoms with E-state index in [1.165, 1.54) is 0 Å². The Labute approximate surface area is 78.1 Å². The summed E-state index contributed by atoms with van der Waals surface area (Å²) in [6.45, 7) is 0. The molecule has 1 aromatic rings. The van der Waals surface area contributed by atoms with Crippen molar-refractivity contribution in [2.24, 2.45) is 0 Å². The molecule has 0 unspecified atom stereocenters. The predicted molar refractivity (Wildman–Crippen MR) is 49.9 cm³/mol. The Balaban J connectivity index is 2.95. The molecule has 0 aliphatic heterocycles. The zero-order valence-corrected chi connectivity index (χ0v) is 8.56. The summed E-state index contributed by atoms with van der Waals surface area (Å²) >= 11 is 6.27. The molecule has 0 nitrogen and oxygen atoms in total. The zero-order chi connectivity index (χ0) is 8.10. The minimum absolute atomic E-state index is 0.402. The molecule has 0 aliphatic carbocycles. The first kappa shape index (κ1) is 8.68. The Morgan fingerprint density at radius 2 is 2.09 bits per heavy atom. The second kappa shape index (κ2) is 4.46. The van der Waals surface area contributed by atoms with Crippen molar-refractivity contribution in [3.05, 3.63) is 34.9 Å². The standard InChI is InChI=1S/C9H7ClSe/c1-11-7-6-8-4-2-3-5-9(8)10/h2-5H,1H3. The van der Waals surface area contributed by atoms with Gasteiger partial charge in [0, 0.05) is 0 Å². The molecule has 56 valence electrons. The van der Waals surface area contributed by atoms with Crippen LogP contribution >= 0.6 is 11.6 Å². The number of rotatable bonds is 0. The van der Waals surface area contributed by atoms with Gasteiger partial charge in [0.25, 0.3) is 0 Å². The minimum atomic E-state index is 0.402. The van der Waals surface area contributed by atoms with Gasteiger partial charge in [0.15, 0.2) is 0 Å². The van der Waals surface area contributed by atoms with E-state index in [2.05, 4.69) is 16.6 Å². The average Bonchev–Trinajstić information content (AvgIpc) is 2.03. The first-order valence-corrected chi connectivity index (χ1v) is 6.08. The van der Waals surface area contributed by atoms with Gasteiger partial charge in [-0.05, 0) is 0 Å². The summed E-state index contributed by atoms with van der Waals surface area (Å²) in [6.07, 6.45) is 0. The van der Waals surface area contributed by atoms with Gasteiger partial charge in [-0.15, -0.1) is 0 Å². The molecule has 1 rings (SSSR count). The van der Waals surface area contributed by atoms with Gasteiger partial charge in [0.1, 0.15) is 0 Å². The van der Waals surface area contributed by atoms with Crippen LogP contribution in [-0.2, 0) is 0 Å². The van der Waals surface area contributed by atoms with E-state index in [1.807, 2.05) is 24.3 Å². The van der Waals surface area contributed by atoms with Crippen LogP contribution in [0.1, 0.15) is 5.56 Å². The summed E-state index contributed by atoms with van der Waals surface area (Å²) in [6, 6.07) is 7.64. The normalized spacial score (nSPS) is 8.55. The molecule has 0 saturated carbocycles. The van der Waals surface area contributed by atoms with Crippen LogP contribution in [0.3, 0.4) is 0 Å². The van der Waals surface area contributed by atoms with Gasteiger partial charge in [-0.2, -0.15) is 0 Å². The molecular formula is C9H7ClSe. The van der Waals surface area contributed by atoms with E-state index in [9.17, 15) is 0 Å². The van der Waals surface area contributed by atoms with Crippen molar-refractivity contribution in [3.8, 4) is 10.7 Å². The van der Waals surface area contributed by atoms with E-state index in [1.54, 1.807) is 0 Å². The molecule has 0 radical (unpaired) electrons. The van der Waals surface area contributed by atoms with Crippen molar-refractivity contribution in [2.45, 2.75) is 5.82 Å². The van der Waals surface area contributed by atoms with E-state index in [4.69, 9.17) is 11.6 Å². The number of hydrogen-bond acceptors (Lipinski definition) is 0. The van der Waals surface area contributed by atoms with Crippen LogP contribution in [0.2, 0.25) is 10.8 Å². The monoisotopic (exact) mass is 230 g/mol. The third-order valence-corrected chi connectivity index (χ3v) is 2.13. The molecule has 0 spiro atoms. The van der Waals surface area contributed by atoms with Crippen molar-refractivity contribution < 1.29 is 0 Å². The summed E-state index contributed by atoms with van der Waals surface area (Å²) < 4.78 is 0. The van der Waals surface area contributed by atoms with E-state index in [0.717, 1.165) is 10.6 Å². The summed E-state index contributed by atoms with van der Waals surface area (Å²) in [4.78, 5) is 3.03. The Morgan fingerprint density at radius 1 is 1.36 bits per heavy atom. The Hall–Kier alpha value is -0.411. The maximum atomic E-state index is 5.86. The number of benzene rings is 1. The molecule has 1 aromatic carbocycles. The molecule has 0 aliphatic rings. The first-order valence-electron chi connectivity index (χ1n) is 3.13. The van der Waals surface area contributed by atoms with Gasteiger partial charge >= 0.3 is 78.0 Å². The van der Waals surface area contributed by atoms with Crippen molar-refractivity contribution in [1.29, 1.82) is 0 Å². The summed E-state index contributed by atoms with van der Waals surface area (Å²) in [5.41, 5.74) is 0.929. The van der Waals surface area contributed by atoms with Crippen LogP contribution in [0.25, 0.3) is 0 Å². The molecule has 2 heteroatoms. The number of hydrogen-bond donors (Lipinski definition) is 0. The molecule has 0 amide bonds. The fraction of sp³-hybridized carbons (Fsp3) is 0.111. The van der Waals surface area contributed by atoms with Crippen LogP contribution < -0.4 is 0 Å². The van der Waals surface area contributed by atoms with E-state index >= 15 is 0 Å². The predicted octanol–water partition coefficient (Wildman–Crippen LogP) is 2.40. The molecule has 0 N–H and O–H groups in total. The first-order chi connectivity index (χ1) is 5.34. The Morgan fingerprint density at radius 3 is 2.73 bits per heavy atom. The molecular weight excluding hydrogens is 223 g/mol. The molecule has 0 saturated heterocycles. The van der Waals surface area contributed by atoms with Gasteiger partial charge in [-0.25, -0.2) is 0 Å². The summed E-state index contributed by atoms with van der Waals surface area (Å²) in [5.74, 6) is 5.09. The van der Waals surface area contributed by atoms with Crippen LogP contribution in [0.4, 0.5) is 0 Å². The molecule has 0 aromatic heterocycles. The van der Waals surface area contributed by atoms with Crippen LogP contribution in [0, 0.1) is 10.7 Å². The molecule has 0 atom stereocenters. The van der Waals surface area contributed by atoms with E-state index in [-0.39, 0.29) is 0 Å². The topological polar surface area (TPSA) is 0 Å². The van der Waals surface area contributed by atoms with Crippen LogP contribution in [0.5, 0.6) is 0 Å². The second-order valence-corrected chi connectivity index (χ2v) is 3.60. The number of halogens is 1. The molecule has 0 fully saturated rings. The van der Waals surface area contributed by atoms with Crippen molar-refractivity contribution in [2.75, 3.05) is 0 Å². The van der Waals surface area contributed by atoms with Crippen molar-refractivity contribution in [1.82, 2.24) is 0 Å². The SMILES string of the molecule is C[Se]C#Cc1ccccc1Cl. The third-order valence-electron chi connectivity index (χ3n) is 1.16. The van der Waals surface area contributed by atoms with Gasteiger partial charge < -0.3 is 0 Å². The van der Waals surface area contributed by atoms with Gasteiger partial charge in [-0.3, -0.25) is 0 Å². The third kappa shape index (κ3) is 2.60. The van der Waals surface area contributed by atoms with Gasteiger partial charge in [0.2, 0.25) is 0 Å². The zero-order valence-electron chi connectivity index (χ0n) is 6.10. The van der Waals surface area contributed by atoms with Crippen LogP contribution in [0.15, 0.2) is 24.3 Å². The van der Waals surface area contributed by atoms with E-state index < -0.39 is 0 Å². The van der Waals surface area contributed by atoms with Gasteiger partial charge in [0.05, 0.1) is 0 Å². The quantitative estimate of drug-likeness (QED) is 0.473. The Bertz CT molecular complexity index is 296. The summed E-state index contributed by atoms with van der Waals surface area (Å²) in [7, 11) is 0. The molecule has 0 heterocycles. The summed E-state index contributed by atoms with van der Waals surface area (Å²) in [5, 5.41) is 0.740. The van der Waals surface area contributed by atoms with E-state index in [0.29, 0.717) is 15.0 Å². The van der Waals surface area contributed by atoms with Gasteiger partial charge in [-0.1, -0.05) is 0 Å². The Kier molecular flexibility index (Phi) is 3.52. The fourth-order valence-corrected chi connectivity index (χ4v) is 1.30. The van der Waals surface area contributed by atoms with Crippen molar-refractivity contribution >= 4 is 26.6 Å².